The van der Waals surface area contributed by atoms with E-state index in [0.717, 1.165) is 36.0 Å². The highest BCUT2D eigenvalue weighted by Crippen LogP contribution is 2.50. The molecule has 2 aromatic carbocycles. The zero-order valence-electron chi connectivity index (χ0n) is 24.0. The van der Waals surface area contributed by atoms with Crippen molar-refractivity contribution in [1.29, 1.82) is 0 Å². The van der Waals surface area contributed by atoms with Gasteiger partial charge in [0.25, 0.3) is 0 Å². The zero-order valence-corrected chi connectivity index (χ0v) is 24.8. The van der Waals surface area contributed by atoms with Crippen LogP contribution in [0.4, 0.5) is 0 Å². The summed E-state index contributed by atoms with van der Waals surface area (Å²) < 4.78 is 5.48. The Labute approximate surface area is 243 Å². The number of benzene rings is 2. The van der Waals surface area contributed by atoms with Crippen LogP contribution in [0, 0.1) is 5.41 Å². The summed E-state index contributed by atoms with van der Waals surface area (Å²) in [6, 6.07) is 11.9. The van der Waals surface area contributed by atoms with Gasteiger partial charge in [-0.2, -0.15) is 0 Å². The molecule has 216 valence electrons. The third kappa shape index (κ3) is 5.44. The van der Waals surface area contributed by atoms with E-state index in [1.54, 1.807) is 26.0 Å². The van der Waals surface area contributed by atoms with Crippen LogP contribution in [0.3, 0.4) is 0 Å². The maximum absolute atomic E-state index is 14.3. The van der Waals surface area contributed by atoms with Crippen LogP contribution < -0.4 is 20.7 Å². The van der Waals surface area contributed by atoms with Crippen molar-refractivity contribution in [1.82, 2.24) is 20.9 Å². The highest BCUT2D eigenvalue weighted by atomic mass is 35.5. The predicted molar refractivity (Wildman–Crippen MR) is 156 cm³/mol. The van der Waals surface area contributed by atoms with Crippen LogP contribution in [0.25, 0.3) is 0 Å². The molecule has 5 atom stereocenters. The molecule has 8 nitrogen and oxygen atoms in total. The molecule has 0 aromatic heterocycles. The number of likely N-dealkylation sites (N-methyl/N-ethyl adjacent to an activating group) is 1. The van der Waals surface area contributed by atoms with Crippen molar-refractivity contribution >= 4 is 30.1 Å². The fraction of sp³-hybridized carbons (Fsp3) is 0.516. The van der Waals surface area contributed by atoms with Crippen LogP contribution in [-0.4, -0.2) is 54.9 Å². The second-order valence-corrected chi connectivity index (χ2v) is 11.8. The van der Waals surface area contributed by atoms with E-state index in [1.807, 2.05) is 30.3 Å². The molecule has 9 heteroatoms. The Balaban J connectivity index is 0.00000370. The molecule has 0 saturated carbocycles. The van der Waals surface area contributed by atoms with E-state index in [2.05, 4.69) is 41.9 Å². The van der Waals surface area contributed by atoms with Gasteiger partial charge in [-0.25, -0.2) is 0 Å². The maximum Gasteiger partial charge on any atom is 0.246 e. The summed E-state index contributed by atoms with van der Waals surface area (Å²) in [5.74, 6) is 0.0904. The number of nitrogens with zero attached hydrogens (tertiary/aromatic N) is 1. The molecular weight excluding hydrogens is 528 g/mol. The highest BCUT2D eigenvalue weighted by molar-refractivity contribution is 5.95. The number of rotatable bonds is 6. The third-order valence-electron chi connectivity index (χ3n) is 8.84. The lowest BCUT2D eigenvalue weighted by Crippen LogP contribution is -2.57. The fourth-order valence-electron chi connectivity index (χ4n) is 6.68. The molecule has 2 aliphatic heterocycles. The molecule has 0 spiro atoms. The summed E-state index contributed by atoms with van der Waals surface area (Å²) in [4.78, 5) is 43.1. The number of aryl methyl sites for hydroxylation is 1. The highest BCUT2D eigenvalue weighted by Gasteiger charge is 2.55. The lowest BCUT2D eigenvalue weighted by Gasteiger charge is -2.36. The van der Waals surface area contributed by atoms with Gasteiger partial charge < -0.3 is 25.6 Å². The smallest absolute Gasteiger partial charge is 0.246 e. The molecule has 2 aromatic rings. The van der Waals surface area contributed by atoms with Crippen LogP contribution in [0.1, 0.15) is 74.4 Å². The Bertz CT molecular complexity index is 1280. The summed E-state index contributed by atoms with van der Waals surface area (Å²) in [7, 11) is 3.33. The molecule has 3 amide bonds. The van der Waals surface area contributed by atoms with Gasteiger partial charge >= 0.3 is 0 Å². The van der Waals surface area contributed by atoms with Crippen molar-refractivity contribution in [2.75, 3.05) is 14.2 Å². The van der Waals surface area contributed by atoms with Crippen LogP contribution >= 0.6 is 12.4 Å². The SMILES string of the molecule is CN[C@@H](C)C(=O)N[C@H]1Cc2cc(OC)ccc2[C@H]2CC(C)(C)C(C(=O)N[C@@H]3CCCc4ccccc43)N2C1=O.Cl. The Kier molecular flexibility index (Phi) is 8.80. The van der Waals surface area contributed by atoms with Gasteiger partial charge in [0.2, 0.25) is 17.7 Å². The summed E-state index contributed by atoms with van der Waals surface area (Å²) >= 11 is 0. The molecule has 3 N–H and O–H groups in total. The maximum atomic E-state index is 14.3. The lowest BCUT2D eigenvalue weighted by atomic mass is 9.81. The van der Waals surface area contributed by atoms with Gasteiger partial charge in [0, 0.05) is 6.42 Å². The summed E-state index contributed by atoms with van der Waals surface area (Å²) in [5, 5.41) is 9.23. The monoisotopic (exact) mass is 568 g/mol. The Morgan fingerprint density at radius 2 is 1.80 bits per heavy atom. The molecule has 2 heterocycles. The minimum atomic E-state index is -0.788. The van der Waals surface area contributed by atoms with E-state index in [-0.39, 0.29) is 42.2 Å². The molecule has 1 saturated heterocycles. The largest absolute Gasteiger partial charge is 0.497 e. The van der Waals surface area contributed by atoms with Crippen molar-refractivity contribution in [2.45, 2.75) is 83.1 Å². The summed E-state index contributed by atoms with van der Waals surface area (Å²) in [6.45, 7) is 5.88. The van der Waals surface area contributed by atoms with Gasteiger partial charge in [0.05, 0.1) is 25.2 Å². The predicted octanol–water partition coefficient (Wildman–Crippen LogP) is 3.63. The minimum absolute atomic E-state index is 0. The van der Waals surface area contributed by atoms with Crippen LogP contribution in [0.2, 0.25) is 0 Å². The van der Waals surface area contributed by atoms with E-state index in [9.17, 15) is 14.4 Å². The quantitative estimate of drug-likeness (QED) is 0.494. The van der Waals surface area contributed by atoms with Crippen molar-refractivity contribution in [3.05, 3.63) is 64.7 Å². The first-order valence-electron chi connectivity index (χ1n) is 14.0. The standard InChI is InChI=1S/C31H40N4O4.ClH/c1-18(32-4)28(36)34-25-16-20-15-21(39-5)13-14-23(20)26-17-31(2,3)27(35(26)30(25)38)29(37)33-24-12-8-10-19-9-6-7-11-22(19)24;/h6-7,9,11,13-15,18,24-27,32H,8,10,12,16-17H2,1-5H3,(H,33,37)(H,34,36);1H/t18-,24+,25-,26+,27?;/m0./s1. The van der Waals surface area contributed by atoms with Gasteiger partial charge in [0.15, 0.2) is 0 Å². The number of fused-ring (bicyclic) bond motifs is 4. The molecule has 1 aliphatic carbocycles. The number of carbonyl (C=O) groups excluding carboxylic acids is 3. The summed E-state index contributed by atoms with van der Waals surface area (Å²) in [5.41, 5.74) is 3.92. The zero-order chi connectivity index (χ0) is 27.9. The van der Waals surface area contributed by atoms with Gasteiger partial charge in [-0.1, -0.05) is 44.2 Å². The number of halogens is 1. The van der Waals surface area contributed by atoms with Crippen molar-refractivity contribution < 1.29 is 19.1 Å². The molecule has 5 rings (SSSR count). The van der Waals surface area contributed by atoms with Crippen molar-refractivity contribution in [2.24, 2.45) is 5.41 Å². The molecule has 0 bridgehead atoms. The first-order chi connectivity index (χ1) is 18.6. The third-order valence-corrected chi connectivity index (χ3v) is 8.84. The van der Waals surface area contributed by atoms with E-state index in [1.165, 1.54) is 5.56 Å². The van der Waals surface area contributed by atoms with Gasteiger partial charge in [-0.15, -0.1) is 12.4 Å². The topological polar surface area (TPSA) is 99.8 Å². The summed E-state index contributed by atoms with van der Waals surface area (Å²) in [6.07, 6.45) is 3.87. The molecular formula is C31H41ClN4O4. The van der Waals surface area contributed by atoms with E-state index in [4.69, 9.17) is 4.74 Å². The van der Waals surface area contributed by atoms with Crippen LogP contribution in [-0.2, 0) is 27.2 Å². The first kappa shape index (κ1) is 29.9. The molecule has 1 unspecified atom stereocenters. The van der Waals surface area contributed by atoms with Gasteiger partial charge in [-0.05, 0) is 79.5 Å². The molecule has 1 fully saturated rings. The molecule has 40 heavy (non-hydrogen) atoms. The Morgan fingerprint density at radius 3 is 2.52 bits per heavy atom. The van der Waals surface area contributed by atoms with E-state index >= 15 is 0 Å². The Hall–Kier alpha value is -3.10. The molecule has 3 aliphatic rings. The van der Waals surface area contributed by atoms with Crippen LogP contribution in [0.15, 0.2) is 42.5 Å². The number of carbonyl (C=O) groups is 3. The first-order valence-corrected chi connectivity index (χ1v) is 14.0. The molecule has 0 radical (unpaired) electrons. The van der Waals surface area contributed by atoms with Gasteiger partial charge in [0.1, 0.15) is 17.8 Å². The normalized spacial score (nSPS) is 25.3. The van der Waals surface area contributed by atoms with Gasteiger partial charge in [-0.3, -0.25) is 14.4 Å². The number of hydrogen-bond acceptors (Lipinski definition) is 5. The van der Waals surface area contributed by atoms with Crippen LogP contribution in [0.5, 0.6) is 5.75 Å². The van der Waals surface area contributed by atoms with E-state index < -0.39 is 23.5 Å². The average Bonchev–Trinajstić information content (AvgIpc) is 3.17. The lowest BCUT2D eigenvalue weighted by molar-refractivity contribution is -0.145. The Morgan fingerprint density at radius 1 is 1.05 bits per heavy atom. The number of methoxy groups -OCH3 is 1. The number of hydrogen-bond donors (Lipinski definition) is 3. The number of amides is 3. The number of nitrogens with one attached hydrogen (secondary N) is 3. The van der Waals surface area contributed by atoms with Crippen molar-refractivity contribution in [3.63, 3.8) is 0 Å². The minimum Gasteiger partial charge on any atom is -0.497 e. The van der Waals surface area contributed by atoms with E-state index in [0.29, 0.717) is 18.6 Å². The second kappa shape index (κ2) is 11.8. The fourth-order valence-corrected chi connectivity index (χ4v) is 6.68. The second-order valence-electron chi connectivity index (χ2n) is 11.8. The van der Waals surface area contributed by atoms with Crippen molar-refractivity contribution in [3.8, 4) is 5.75 Å². The number of ether oxygens (including phenoxy) is 1. The average molecular weight is 569 g/mol.